The van der Waals surface area contributed by atoms with Crippen LogP contribution in [0.25, 0.3) is 22.3 Å². The Morgan fingerprint density at radius 2 is 1.04 bits per heavy atom. The highest BCUT2D eigenvalue weighted by molar-refractivity contribution is 7.16. The van der Waals surface area contributed by atoms with Crippen molar-refractivity contribution in [2.75, 3.05) is 13.2 Å². The van der Waals surface area contributed by atoms with Crippen molar-refractivity contribution < 1.29 is 19.1 Å². The number of hydrogen-bond donors (Lipinski definition) is 2. The van der Waals surface area contributed by atoms with Crippen molar-refractivity contribution in [3.8, 4) is 33.8 Å². The molecule has 3 aliphatic rings. The van der Waals surface area contributed by atoms with Crippen molar-refractivity contribution in [1.82, 2.24) is 10.9 Å². The van der Waals surface area contributed by atoms with Crippen LogP contribution >= 0.6 is 11.3 Å². The Hall–Kier alpha value is -5.54. The van der Waals surface area contributed by atoms with Gasteiger partial charge < -0.3 is 9.47 Å². The van der Waals surface area contributed by atoms with Crippen molar-refractivity contribution in [1.29, 1.82) is 0 Å². The molecule has 2 amide bonds. The number of carbonyl (C=O) groups is 2. The van der Waals surface area contributed by atoms with Crippen LogP contribution in [-0.2, 0) is 12.8 Å². The molecule has 2 heterocycles. The summed E-state index contributed by atoms with van der Waals surface area (Å²) in [5.41, 5.74) is 16.9. The second-order valence-electron chi connectivity index (χ2n) is 11.0. The Morgan fingerprint density at radius 3 is 1.53 bits per heavy atom. The number of fused-ring (bicyclic) bond motifs is 7. The largest absolute Gasteiger partial charge is 0.484 e. The van der Waals surface area contributed by atoms with Gasteiger partial charge in [-0.05, 0) is 80.6 Å². The normalized spacial score (nSPS) is 13.8. The molecule has 8 nitrogen and oxygen atoms in total. The summed E-state index contributed by atoms with van der Waals surface area (Å²) in [4.78, 5) is 26.7. The van der Waals surface area contributed by atoms with Crippen LogP contribution in [0.5, 0.6) is 11.5 Å². The predicted molar refractivity (Wildman–Crippen MR) is 175 cm³/mol. The average molecular weight is 611 g/mol. The first-order valence-corrected chi connectivity index (χ1v) is 15.5. The molecule has 1 aliphatic heterocycles. The zero-order valence-corrected chi connectivity index (χ0v) is 24.8. The topological polar surface area (TPSA) is 101 Å². The molecule has 8 rings (SSSR count). The molecule has 0 radical (unpaired) electrons. The lowest BCUT2D eigenvalue weighted by atomic mass is 10.0. The molecule has 9 heteroatoms. The van der Waals surface area contributed by atoms with E-state index in [0.717, 1.165) is 35.3 Å². The third-order valence-corrected chi connectivity index (χ3v) is 9.36. The lowest BCUT2D eigenvalue weighted by Gasteiger charge is -2.16. The number of carbonyl (C=O) groups excluding carboxylic acids is 2. The second-order valence-corrected chi connectivity index (χ2v) is 12.0. The van der Waals surface area contributed by atoms with Crippen LogP contribution < -0.4 is 20.3 Å². The lowest BCUT2D eigenvalue weighted by Crippen LogP contribution is -2.21. The number of hydrogen-bond acceptors (Lipinski definition) is 7. The van der Waals surface area contributed by atoms with Gasteiger partial charge in [0, 0.05) is 0 Å². The summed E-state index contributed by atoms with van der Waals surface area (Å²) in [6.45, 7) is 0.540. The maximum Gasteiger partial charge on any atom is 0.285 e. The van der Waals surface area contributed by atoms with Crippen LogP contribution in [0.4, 0.5) is 0 Å². The molecule has 0 spiro atoms. The number of amides is 2. The van der Waals surface area contributed by atoms with Gasteiger partial charge in [0.2, 0.25) is 0 Å². The third kappa shape index (κ3) is 4.97. The molecule has 0 saturated heterocycles. The fourth-order valence-corrected chi connectivity index (χ4v) is 7.14. The van der Waals surface area contributed by atoms with E-state index in [1.807, 2.05) is 24.3 Å². The molecule has 1 aromatic heterocycles. The summed E-state index contributed by atoms with van der Waals surface area (Å²) >= 11 is 0.981. The highest BCUT2D eigenvalue weighted by atomic mass is 32.1. The molecule has 45 heavy (non-hydrogen) atoms. The molecule has 0 unspecified atom stereocenters. The minimum absolute atomic E-state index is 0.207. The highest BCUT2D eigenvalue weighted by Crippen LogP contribution is 2.44. The zero-order valence-electron chi connectivity index (χ0n) is 24.0. The second kappa shape index (κ2) is 11.2. The van der Waals surface area contributed by atoms with E-state index in [1.54, 1.807) is 12.4 Å². The molecule has 0 saturated carbocycles. The SMILES string of the molecule is O=C(N/N=C\c1ccc2c(c1)Cc1ccccc1-2)c1sc(C(=O)N/N=C\c2ccc3c(c2)Cc2ccccc2-3)c2c1OCCO2. The molecule has 0 atom stereocenters. The van der Waals surface area contributed by atoms with Crippen molar-refractivity contribution in [2.45, 2.75) is 12.8 Å². The van der Waals surface area contributed by atoms with Gasteiger partial charge in [-0.3, -0.25) is 9.59 Å². The number of hydrazone groups is 2. The van der Waals surface area contributed by atoms with Gasteiger partial charge in [-0.25, -0.2) is 10.9 Å². The summed E-state index contributed by atoms with van der Waals surface area (Å²) < 4.78 is 11.5. The van der Waals surface area contributed by atoms with Crippen LogP contribution in [-0.4, -0.2) is 37.5 Å². The number of benzene rings is 4. The Labute approximate surface area is 263 Å². The van der Waals surface area contributed by atoms with Gasteiger partial charge in [-0.1, -0.05) is 72.8 Å². The first-order chi connectivity index (χ1) is 22.1. The predicted octanol–water partition coefficient (Wildman–Crippen LogP) is 6.19. The maximum absolute atomic E-state index is 13.1. The minimum atomic E-state index is -0.492. The van der Waals surface area contributed by atoms with E-state index in [1.165, 1.54) is 44.5 Å². The monoisotopic (exact) mass is 610 g/mol. The number of rotatable bonds is 6. The van der Waals surface area contributed by atoms with Gasteiger partial charge in [-0.15, -0.1) is 11.3 Å². The summed E-state index contributed by atoms with van der Waals surface area (Å²) in [7, 11) is 0. The lowest BCUT2D eigenvalue weighted by molar-refractivity contribution is 0.0935. The van der Waals surface area contributed by atoms with E-state index in [0.29, 0.717) is 0 Å². The van der Waals surface area contributed by atoms with Gasteiger partial charge in [0.05, 0.1) is 12.4 Å². The van der Waals surface area contributed by atoms with E-state index >= 15 is 0 Å². The highest BCUT2D eigenvalue weighted by Gasteiger charge is 2.31. The average Bonchev–Trinajstić information content (AvgIpc) is 3.75. The summed E-state index contributed by atoms with van der Waals surface area (Å²) in [6.07, 6.45) is 4.96. The molecular weight excluding hydrogens is 584 g/mol. The fraction of sp³-hybridized carbons (Fsp3) is 0.111. The van der Waals surface area contributed by atoms with Crippen LogP contribution in [0.15, 0.2) is 95.1 Å². The number of ether oxygens (including phenoxy) is 2. The molecule has 2 N–H and O–H groups in total. The minimum Gasteiger partial charge on any atom is -0.484 e. The zero-order chi connectivity index (χ0) is 30.3. The van der Waals surface area contributed by atoms with Gasteiger partial charge in [0.15, 0.2) is 11.5 Å². The maximum atomic E-state index is 13.1. The van der Waals surface area contributed by atoms with E-state index in [2.05, 4.69) is 81.7 Å². The van der Waals surface area contributed by atoms with Crippen LogP contribution in [0.1, 0.15) is 52.7 Å². The van der Waals surface area contributed by atoms with Gasteiger partial charge in [0.25, 0.3) is 11.8 Å². The van der Waals surface area contributed by atoms with Crippen molar-refractivity contribution >= 4 is 35.6 Å². The quantitative estimate of drug-likeness (QED) is 0.173. The standard InChI is InChI=1S/C36H26N4O4S/c41-35(39-37-19-21-9-11-29-25(15-21)17-23-5-1-3-7-27(23)29)33-31-32(44-14-13-43-31)34(45-33)36(42)40-38-20-22-10-12-30-26(16-22)18-24-6-2-4-8-28(24)30/h1-12,15-16,19-20H,13-14,17-18H2,(H,39,41)(H,40,42)/b37-19-,38-20-. The number of nitrogens with one attached hydrogen (secondary N) is 2. The first-order valence-electron chi connectivity index (χ1n) is 14.6. The van der Waals surface area contributed by atoms with Crippen molar-refractivity contribution in [3.63, 3.8) is 0 Å². The third-order valence-electron chi connectivity index (χ3n) is 8.21. The van der Waals surface area contributed by atoms with Crippen LogP contribution in [0, 0.1) is 0 Å². The van der Waals surface area contributed by atoms with Gasteiger partial charge in [-0.2, -0.15) is 10.2 Å². The van der Waals surface area contributed by atoms with Crippen molar-refractivity contribution in [2.24, 2.45) is 10.2 Å². The van der Waals surface area contributed by atoms with E-state index in [-0.39, 0.29) is 34.5 Å². The molecule has 5 aromatic rings. The molecule has 0 bridgehead atoms. The summed E-state index contributed by atoms with van der Waals surface area (Å²) in [5, 5.41) is 8.36. The molecule has 0 fully saturated rings. The molecule has 220 valence electrons. The summed E-state index contributed by atoms with van der Waals surface area (Å²) in [5.74, 6) is -0.510. The molecular formula is C36H26N4O4S. The first kappa shape index (κ1) is 27.0. The van der Waals surface area contributed by atoms with E-state index in [9.17, 15) is 9.59 Å². The Kier molecular flexibility index (Phi) is 6.72. The smallest absolute Gasteiger partial charge is 0.285 e. The van der Waals surface area contributed by atoms with Crippen molar-refractivity contribution in [3.05, 3.63) is 128 Å². The number of thiophene rings is 1. The Morgan fingerprint density at radius 1 is 0.600 bits per heavy atom. The van der Waals surface area contributed by atoms with Gasteiger partial charge >= 0.3 is 0 Å². The van der Waals surface area contributed by atoms with Gasteiger partial charge in [0.1, 0.15) is 23.0 Å². The molecule has 2 aliphatic carbocycles. The van der Waals surface area contributed by atoms with Crippen LogP contribution in [0.2, 0.25) is 0 Å². The molecule has 4 aromatic carbocycles. The fourth-order valence-electron chi connectivity index (χ4n) is 6.17. The Balaban J connectivity index is 0.947. The van der Waals surface area contributed by atoms with Crippen LogP contribution in [0.3, 0.4) is 0 Å². The van der Waals surface area contributed by atoms with E-state index < -0.39 is 11.8 Å². The summed E-state index contributed by atoms with van der Waals surface area (Å²) in [6, 6.07) is 29.1. The van der Waals surface area contributed by atoms with E-state index in [4.69, 9.17) is 9.47 Å². The number of nitrogens with zero attached hydrogens (tertiary/aromatic N) is 2. The Bertz CT molecular complexity index is 1930.